The summed E-state index contributed by atoms with van der Waals surface area (Å²) < 4.78 is 5.08. The number of anilines is 1. The molecule has 0 aliphatic carbocycles. The number of hydrogen-bond acceptors (Lipinski definition) is 6. The van der Waals surface area contributed by atoms with Crippen molar-refractivity contribution in [1.82, 2.24) is 5.32 Å². The Labute approximate surface area is 173 Å². The molecule has 2 aromatic carbocycles. The minimum absolute atomic E-state index is 0.108. The van der Waals surface area contributed by atoms with Crippen molar-refractivity contribution in [1.29, 1.82) is 0 Å². The Hall–Kier alpha value is -3.49. The van der Waals surface area contributed by atoms with Gasteiger partial charge in [-0.2, -0.15) is 0 Å². The molecule has 1 heterocycles. The third-order valence-electron chi connectivity index (χ3n) is 4.59. The van der Waals surface area contributed by atoms with Gasteiger partial charge in [0.05, 0.1) is 11.8 Å². The minimum Gasteiger partial charge on any atom is -0.445 e. The highest BCUT2D eigenvalue weighted by atomic mass is 16.5. The molecule has 3 rings (SSSR count). The lowest BCUT2D eigenvalue weighted by Gasteiger charge is -2.20. The number of carbonyl (C=O) groups is 3. The molecule has 2 atom stereocenters. The van der Waals surface area contributed by atoms with Crippen LogP contribution in [0, 0.1) is 0 Å². The fourth-order valence-corrected chi connectivity index (χ4v) is 2.95. The topological polar surface area (TPSA) is 116 Å². The van der Waals surface area contributed by atoms with Gasteiger partial charge in [0, 0.05) is 18.7 Å². The monoisotopic (exact) mass is 410 g/mol. The number of nitrogens with zero attached hydrogens (tertiary/aromatic N) is 1. The molecule has 0 fully saturated rings. The second-order valence-electron chi connectivity index (χ2n) is 6.73. The molecule has 3 amide bonds. The second kappa shape index (κ2) is 9.82. The Bertz CT molecular complexity index is 908. The first-order chi connectivity index (χ1) is 14.5. The minimum atomic E-state index is -1.19. The predicted octanol–water partition coefficient (Wildman–Crippen LogP) is 1.83. The van der Waals surface area contributed by atoms with Gasteiger partial charge in [0.1, 0.15) is 12.7 Å². The smallest absolute Gasteiger partial charge is 0.407 e. The molecule has 0 saturated carbocycles. The molecule has 156 valence electrons. The van der Waals surface area contributed by atoms with E-state index in [2.05, 4.69) is 5.32 Å². The maximum absolute atomic E-state index is 11.7. The van der Waals surface area contributed by atoms with Gasteiger partial charge in [-0.15, -0.1) is 0 Å². The van der Waals surface area contributed by atoms with E-state index in [1.54, 1.807) is 0 Å². The number of rotatable bonds is 8. The standard InChI is InChI=1S/C22H22N2O6/c25-18(12-13-23-22(29)30-14-15-4-2-1-3-5-15)21(28)16-6-8-17(9-7-16)24-19(26)10-11-20(24)27/h1-11,18,21,25,28H,12-14H2,(H,23,29). The number of amides is 3. The average Bonchev–Trinajstić information content (AvgIpc) is 3.10. The van der Waals surface area contributed by atoms with Crippen LogP contribution in [0.1, 0.15) is 23.7 Å². The molecule has 0 saturated heterocycles. The van der Waals surface area contributed by atoms with Crippen LogP contribution in [0.5, 0.6) is 0 Å². The van der Waals surface area contributed by atoms with Crippen molar-refractivity contribution in [3.63, 3.8) is 0 Å². The first-order valence-corrected chi connectivity index (χ1v) is 9.42. The molecule has 30 heavy (non-hydrogen) atoms. The van der Waals surface area contributed by atoms with Gasteiger partial charge in [-0.25, -0.2) is 9.69 Å². The normalized spacial score (nSPS) is 15.2. The lowest BCUT2D eigenvalue weighted by Crippen LogP contribution is -2.30. The molecule has 8 heteroatoms. The molecule has 0 bridgehead atoms. The maximum atomic E-state index is 11.7. The van der Waals surface area contributed by atoms with Crippen molar-refractivity contribution in [3.05, 3.63) is 77.9 Å². The molecule has 2 unspecified atom stereocenters. The summed E-state index contributed by atoms with van der Waals surface area (Å²) in [6.07, 6.45) is -0.444. The zero-order valence-corrected chi connectivity index (χ0v) is 16.1. The molecular formula is C22H22N2O6. The molecule has 2 aromatic rings. The number of aliphatic hydroxyl groups is 2. The quantitative estimate of drug-likeness (QED) is 0.572. The largest absolute Gasteiger partial charge is 0.445 e. The Balaban J connectivity index is 1.44. The van der Waals surface area contributed by atoms with Crippen molar-refractivity contribution < 1.29 is 29.3 Å². The fraction of sp³-hybridized carbons (Fsp3) is 0.227. The Morgan fingerprint density at radius 2 is 1.60 bits per heavy atom. The van der Waals surface area contributed by atoms with Crippen molar-refractivity contribution in [3.8, 4) is 0 Å². The van der Waals surface area contributed by atoms with Gasteiger partial charge in [-0.05, 0) is 29.7 Å². The molecule has 0 radical (unpaired) electrons. The van der Waals surface area contributed by atoms with Gasteiger partial charge in [0.25, 0.3) is 11.8 Å². The predicted molar refractivity (Wildman–Crippen MR) is 108 cm³/mol. The summed E-state index contributed by atoms with van der Waals surface area (Å²) in [5, 5.41) is 23.0. The highest BCUT2D eigenvalue weighted by Gasteiger charge is 2.25. The van der Waals surface area contributed by atoms with Crippen molar-refractivity contribution in [2.75, 3.05) is 11.4 Å². The summed E-state index contributed by atoms with van der Waals surface area (Å²) in [6, 6.07) is 15.3. The number of imide groups is 1. The summed E-state index contributed by atoms with van der Waals surface area (Å²) in [7, 11) is 0. The third-order valence-corrected chi connectivity index (χ3v) is 4.59. The number of ether oxygens (including phenoxy) is 1. The van der Waals surface area contributed by atoms with Crippen LogP contribution < -0.4 is 10.2 Å². The Morgan fingerprint density at radius 3 is 2.23 bits per heavy atom. The summed E-state index contributed by atoms with van der Waals surface area (Å²) >= 11 is 0. The van der Waals surface area contributed by atoms with Crippen LogP contribution in [0.4, 0.5) is 10.5 Å². The van der Waals surface area contributed by atoms with E-state index in [-0.39, 0.29) is 19.6 Å². The first-order valence-electron chi connectivity index (χ1n) is 9.42. The van der Waals surface area contributed by atoms with E-state index in [1.807, 2.05) is 30.3 Å². The Kier molecular flexibility index (Phi) is 6.95. The average molecular weight is 410 g/mol. The van der Waals surface area contributed by atoms with Crippen LogP contribution in [-0.2, 0) is 20.9 Å². The summed E-state index contributed by atoms with van der Waals surface area (Å²) in [6.45, 7) is 0.258. The number of hydrogen-bond donors (Lipinski definition) is 3. The van der Waals surface area contributed by atoms with Gasteiger partial charge >= 0.3 is 6.09 Å². The van der Waals surface area contributed by atoms with Gasteiger partial charge in [-0.1, -0.05) is 42.5 Å². The number of alkyl carbamates (subject to hydrolysis) is 1. The van der Waals surface area contributed by atoms with Crippen LogP contribution >= 0.6 is 0 Å². The van der Waals surface area contributed by atoms with Gasteiger partial charge < -0.3 is 20.3 Å². The SMILES string of the molecule is O=C(NCCC(O)C(O)c1ccc(N2C(=O)C=CC2=O)cc1)OCc1ccccc1. The molecule has 3 N–H and O–H groups in total. The molecule has 1 aliphatic heterocycles. The number of aliphatic hydroxyl groups excluding tert-OH is 2. The van der Waals surface area contributed by atoms with E-state index >= 15 is 0 Å². The van der Waals surface area contributed by atoms with Crippen molar-refractivity contribution in [2.24, 2.45) is 0 Å². The third kappa shape index (κ3) is 5.31. The Morgan fingerprint density at radius 1 is 0.967 bits per heavy atom. The van der Waals surface area contributed by atoms with Crippen LogP contribution in [0.15, 0.2) is 66.7 Å². The van der Waals surface area contributed by atoms with Crippen LogP contribution in [0.2, 0.25) is 0 Å². The van der Waals surface area contributed by atoms with Crippen LogP contribution in [-0.4, -0.2) is 40.8 Å². The first kappa shape index (κ1) is 21.2. The van der Waals surface area contributed by atoms with Gasteiger partial charge in [0.2, 0.25) is 0 Å². The maximum Gasteiger partial charge on any atom is 0.407 e. The fourth-order valence-electron chi connectivity index (χ4n) is 2.95. The van der Waals surface area contributed by atoms with Crippen molar-refractivity contribution in [2.45, 2.75) is 25.2 Å². The molecular weight excluding hydrogens is 388 g/mol. The van der Waals surface area contributed by atoms with Gasteiger partial charge in [0.15, 0.2) is 0 Å². The van der Waals surface area contributed by atoms with E-state index in [9.17, 15) is 24.6 Å². The van der Waals surface area contributed by atoms with E-state index in [0.717, 1.165) is 10.5 Å². The van der Waals surface area contributed by atoms with E-state index in [4.69, 9.17) is 4.74 Å². The van der Waals surface area contributed by atoms with Gasteiger partial charge in [-0.3, -0.25) is 9.59 Å². The van der Waals surface area contributed by atoms with Crippen LogP contribution in [0.25, 0.3) is 0 Å². The molecule has 8 nitrogen and oxygen atoms in total. The zero-order valence-electron chi connectivity index (χ0n) is 16.1. The highest BCUT2D eigenvalue weighted by Crippen LogP contribution is 2.24. The summed E-state index contributed by atoms with van der Waals surface area (Å²) in [5.41, 5.74) is 1.66. The summed E-state index contributed by atoms with van der Waals surface area (Å²) in [4.78, 5) is 36.1. The van der Waals surface area contributed by atoms with E-state index < -0.39 is 30.1 Å². The zero-order chi connectivity index (χ0) is 21.5. The van der Waals surface area contributed by atoms with Crippen molar-refractivity contribution >= 4 is 23.6 Å². The summed E-state index contributed by atoms with van der Waals surface area (Å²) in [5.74, 6) is -0.864. The highest BCUT2D eigenvalue weighted by molar-refractivity contribution is 6.28. The molecule has 1 aliphatic rings. The second-order valence-corrected chi connectivity index (χ2v) is 6.73. The van der Waals surface area contributed by atoms with Crippen LogP contribution in [0.3, 0.4) is 0 Å². The van der Waals surface area contributed by atoms with E-state index in [1.165, 1.54) is 36.4 Å². The van der Waals surface area contributed by atoms with E-state index in [0.29, 0.717) is 11.3 Å². The lowest BCUT2D eigenvalue weighted by atomic mass is 10.0. The number of benzene rings is 2. The number of carbonyl (C=O) groups excluding carboxylic acids is 3. The molecule has 0 aromatic heterocycles. The lowest BCUT2D eigenvalue weighted by molar-refractivity contribution is -0.119. The molecule has 0 spiro atoms. The number of nitrogens with one attached hydrogen (secondary N) is 1.